The number of benzene rings is 1. The molecule has 4 nitrogen and oxygen atoms in total. The van der Waals surface area contributed by atoms with E-state index in [1.165, 1.54) is 6.92 Å². The monoisotopic (exact) mass is 336 g/mol. The van der Waals surface area contributed by atoms with Crippen LogP contribution in [0.15, 0.2) is 23.1 Å². The van der Waals surface area contributed by atoms with Crippen LogP contribution in [0.2, 0.25) is 0 Å². The molecule has 0 spiro atoms. The van der Waals surface area contributed by atoms with E-state index in [0.29, 0.717) is 18.2 Å². The Kier molecular flexibility index (Phi) is 6.40. The number of rotatable bonds is 4. The molecule has 3 N–H and O–H groups in total. The fraction of sp³-hybridized carbons (Fsp3) is 0.400. The standard InChI is InChI=1S/C10H12F4N2O2S.ClH/c1-6(5-15)16-19(17,18)7-2-3-8(9(11)4-7)10(12,13)14;/h2-4,6,16H,5,15H2,1H3;1H/t6-;/m0./s1. The van der Waals surface area contributed by atoms with Gasteiger partial charge in [0.15, 0.2) is 0 Å². The predicted octanol–water partition coefficient (Wildman–Crippen LogP) is 1.89. The maximum atomic E-state index is 13.3. The van der Waals surface area contributed by atoms with Crippen LogP contribution >= 0.6 is 12.4 Å². The van der Waals surface area contributed by atoms with Gasteiger partial charge in [-0.2, -0.15) is 13.2 Å². The minimum atomic E-state index is -4.87. The van der Waals surface area contributed by atoms with Crippen LogP contribution in [-0.4, -0.2) is 21.0 Å². The number of hydrogen-bond acceptors (Lipinski definition) is 3. The zero-order chi connectivity index (χ0) is 14.8. The first-order valence-corrected chi connectivity index (χ1v) is 6.65. The highest BCUT2D eigenvalue weighted by atomic mass is 35.5. The van der Waals surface area contributed by atoms with Crippen LogP contribution in [0.5, 0.6) is 0 Å². The molecule has 1 aromatic carbocycles. The van der Waals surface area contributed by atoms with Gasteiger partial charge < -0.3 is 5.73 Å². The third-order valence-electron chi connectivity index (χ3n) is 2.27. The van der Waals surface area contributed by atoms with Crippen LogP contribution in [0.3, 0.4) is 0 Å². The predicted molar refractivity (Wildman–Crippen MR) is 67.5 cm³/mol. The molecule has 10 heteroatoms. The van der Waals surface area contributed by atoms with Gasteiger partial charge in [-0.15, -0.1) is 12.4 Å². The van der Waals surface area contributed by atoms with Crippen molar-refractivity contribution in [3.63, 3.8) is 0 Å². The molecule has 0 aliphatic heterocycles. The van der Waals surface area contributed by atoms with E-state index in [0.717, 1.165) is 0 Å². The first-order valence-electron chi connectivity index (χ1n) is 5.17. The third-order valence-corrected chi connectivity index (χ3v) is 3.85. The van der Waals surface area contributed by atoms with Gasteiger partial charge in [0.2, 0.25) is 10.0 Å². The molecule has 0 radical (unpaired) electrons. The minimum Gasteiger partial charge on any atom is -0.329 e. The summed E-state index contributed by atoms with van der Waals surface area (Å²) in [5.74, 6) is -1.64. The Morgan fingerprint density at radius 1 is 1.35 bits per heavy atom. The number of hydrogen-bond donors (Lipinski definition) is 2. The summed E-state index contributed by atoms with van der Waals surface area (Å²) in [7, 11) is -4.09. The first kappa shape index (κ1) is 19.1. The minimum absolute atomic E-state index is 0. The van der Waals surface area contributed by atoms with Crippen molar-refractivity contribution in [3.8, 4) is 0 Å². The smallest absolute Gasteiger partial charge is 0.329 e. The van der Waals surface area contributed by atoms with Crippen LogP contribution in [0.25, 0.3) is 0 Å². The van der Waals surface area contributed by atoms with E-state index in [1.807, 2.05) is 0 Å². The number of nitrogens with one attached hydrogen (secondary N) is 1. The van der Waals surface area contributed by atoms with E-state index in [-0.39, 0.29) is 19.0 Å². The van der Waals surface area contributed by atoms with Crippen LogP contribution < -0.4 is 10.5 Å². The van der Waals surface area contributed by atoms with Gasteiger partial charge in [0.25, 0.3) is 0 Å². The van der Waals surface area contributed by atoms with E-state index < -0.39 is 38.5 Å². The van der Waals surface area contributed by atoms with Crippen molar-refractivity contribution < 1.29 is 26.0 Å². The molecule has 1 rings (SSSR count). The molecule has 0 aliphatic rings. The van der Waals surface area contributed by atoms with Crippen molar-refractivity contribution in [2.45, 2.75) is 24.0 Å². The highest BCUT2D eigenvalue weighted by molar-refractivity contribution is 7.89. The molecule has 0 unspecified atom stereocenters. The van der Waals surface area contributed by atoms with Crippen LogP contribution in [0.4, 0.5) is 17.6 Å². The van der Waals surface area contributed by atoms with Gasteiger partial charge in [0.05, 0.1) is 10.5 Å². The van der Waals surface area contributed by atoms with Gasteiger partial charge in [0.1, 0.15) is 5.82 Å². The molecule has 0 saturated carbocycles. The molecular weight excluding hydrogens is 324 g/mol. The summed E-state index contributed by atoms with van der Waals surface area (Å²) in [6, 6.07) is 0.790. The van der Waals surface area contributed by atoms with Gasteiger partial charge in [0, 0.05) is 12.6 Å². The third kappa shape index (κ3) is 4.58. The van der Waals surface area contributed by atoms with E-state index in [2.05, 4.69) is 4.72 Å². The molecule has 116 valence electrons. The Hall–Kier alpha value is -0.900. The topological polar surface area (TPSA) is 72.2 Å². The lowest BCUT2D eigenvalue weighted by Gasteiger charge is -2.13. The summed E-state index contributed by atoms with van der Waals surface area (Å²) in [5, 5.41) is 0. The maximum Gasteiger partial charge on any atom is 0.419 e. The zero-order valence-electron chi connectivity index (χ0n) is 10.2. The quantitative estimate of drug-likeness (QED) is 0.825. The Bertz CT molecular complexity index is 563. The van der Waals surface area contributed by atoms with Crippen LogP contribution in [0.1, 0.15) is 12.5 Å². The number of nitrogens with two attached hydrogens (primary N) is 1. The summed E-state index contributed by atoms with van der Waals surface area (Å²) in [6.45, 7) is 1.47. The SMILES string of the molecule is C[C@@H](CN)NS(=O)(=O)c1ccc(C(F)(F)F)c(F)c1.Cl. The molecule has 0 saturated heterocycles. The Morgan fingerprint density at radius 2 is 1.90 bits per heavy atom. The molecule has 0 aromatic heterocycles. The van der Waals surface area contributed by atoms with Crippen molar-refractivity contribution in [2.75, 3.05) is 6.54 Å². The molecule has 20 heavy (non-hydrogen) atoms. The number of alkyl halides is 3. The summed E-state index contributed by atoms with van der Waals surface area (Å²) in [6.07, 6.45) is -4.87. The van der Waals surface area contributed by atoms with Crippen molar-refractivity contribution in [2.24, 2.45) is 5.73 Å². The molecule has 1 aromatic rings. The lowest BCUT2D eigenvalue weighted by molar-refractivity contribution is -0.140. The van der Waals surface area contributed by atoms with E-state index in [1.54, 1.807) is 0 Å². The fourth-order valence-electron chi connectivity index (χ4n) is 1.27. The van der Waals surface area contributed by atoms with Crippen molar-refractivity contribution in [1.29, 1.82) is 0 Å². The summed E-state index contributed by atoms with van der Waals surface area (Å²) in [4.78, 5) is -0.585. The number of halogens is 5. The van der Waals surface area contributed by atoms with Crippen LogP contribution in [0, 0.1) is 5.82 Å². The largest absolute Gasteiger partial charge is 0.419 e. The maximum absolute atomic E-state index is 13.3. The summed E-state index contributed by atoms with van der Waals surface area (Å²) >= 11 is 0. The molecule has 0 heterocycles. The van der Waals surface area contributed by atoms with Gasteiger partial charge in [-0.05, 0) is 25.1 Å². The highest BCUT2D eigenvalue weighted by Gasteiger charge is 2.34. The normalized spacial score (nSPS) is 13.7. The highest BCUT2D eigenvalue weighted by Crippen LogP contribution is 2.32. The van der Waals surface area contributed by atoms with E-state index >= 15 is 0 Å². The fourth-order valence-corrected chi connectivity index (χ4v) is 2.54. The van der Waals surface area contributed by atoms with Gasteiger partial charge in [-0.3, -0.25) is 0 Å². The average molecular weight is 337 g/mol. The summed E-state index contributed by atoms with van der Waals surface area (Å²) in [5.41, 5.74) is 3.70. The molecule has 0 fully saturated rings. The second-order valence-corrected chi connectivity index (χ2v) is 5.61. The van der Waals surface area contributed by atoms with E-state index in [4.69, 9.17) is 5.73 Å². The summed E-state index contributed by atoms with van der Waals surface area (Å²) < 4.78 is 75.7. The number of sulfonamides is 1. The first-order chi connectivity index (χ1) is 8.58. The molecule has 0 amide bonds. The van der Waals surface area contributed by atoms with Gasteiger partial charge in [-0.25, -0.2) is 17.5 Å². The van der Waals surface area contributed by atoms with E-state index in [9.17, 15) is 26.0 Å². The lowest BCUT2D eigenvalue weighted by Crippen LogP contribution is -2.37. The molecule has 0 bridgehead atoms. The molecule has 1 atom stereocenters. The average Bonchev–Trinajstić information content (AvgIpc) is 2.26. The molecular formula is C10H13ClF4N2O2S. The van der Waals surface area contributed by atoms with Crippen molar-refractivity contribution in [3.05, 3.63) is 29.6 Å². The lowest BCUT2D eigenvalue weighted by atomic mass is 10.2. The van der Waals surface area contributed by atoms with Crippen LogP contribution in [-0.2, 0) is 16.2 Å². The van der Waals surface area contributed by atoms with Gasteiger partial charge >= 0.3 is 6.18 Å². The van der Waals surface area contributed by atoms with Crippen molar-refractivity contribution in [1.82, 2.24) is 4.72 Å². The Balaban J connectivity index is 0.00000361. The van der Waals surface area contributed by atoms with Gasteiger partial charge in [-0.1, -0.05) is 0 Å². The Morgan fingerprint density at radius 3 is 2.30 bits per heavy atom. The second-order valence-electron chi connectivity index (χ2n) is 3.90. The Labute approximate surface area is 119 Å². The molecule has 0 aliphatic carbocycles. The van der Waals surface area contributed by atoms with Crippen molar-refractivity contribution >= 4 is 22.4 Å². The zero-order valence-corrected chi connectivity index (χ0v) is 11.9. The second kappa shape index (κ2) is 6.70.